The van der Waals surface area contributed by atoms with Gasteiger partial charge in [0.1, 0.15) is 17.6 Å². The number of aromatic nitrogens is 3. The van der Waals surface area contributed by atoms with Crippen molar-refractivity contribution in [3.8, 4) is 5.88 Å². The molecular weight excluding hydrogens is 420 g/mol. The molecule has 2 aromatic heterocycles. The van der Waals surface area contributed by atoms with Crippen LogP contribution in [0.2, 0.25) is 0 Å². The minimum atomic E-state index is -3.54. The molecule has 0 spiro atoms. The second kappa shape index (κ2) is 7.88. The van der Waals surface area contributed by atoms with E-state index in [4.69, 9.17) is 19.6 Å². The van der Waals surface area contributed by atoms with Gasteiger partial charge in [0.15, 0.2) is 9.92 Å². The molecule has 3 N–H and O–H groups in total. The third kappa shape index (κ3) is 3.70. The van der Waals surface area contributed by atoms with Gasteiger partial charge in [0, 0.05) is 18.0 Å². The molecule has 0 saturated heterocycles. The van der Waals surface area contributed by atoms with Crippen LogP contribution in [0.4, 0.5) is 10.5 Å². The molecule has 0 saturated carbocycles. The fourth-order valence-electron chi connectivity index (χ4n) is 4.63. The molecule has 0 fully saturated rings. The van der Waals surface area contributed by atoms with Gasteiger partial charge in [-0.15, -0.1) is 4.36 Å². The molecule has 0 aromatic carbocycles. The van der Waals surface area contributed by atoms with Crippen molar-refractivity contribution in [2.75, 3.05) is 18.5 Å². The van der Waals surface area contributed by atoms with Crippen molar-refractivity contribution < 1.29 is 18.5 Å². The van der Waals surface area contributed by atoms with Gasteiger partial charge in [0.05, 0.1) is 18.4 Å². The molecule has 2 unspecified atom stereocenters. The molecule has 11 heteroatoms. The molecule has 2 aliphatic carbocycles. The summed E-state index contributed by atoms with van der Waals surface area (Å²) in [5.74, 6) is 0.269. The number of aryl methyl sites for hydroxylation is 2. The van der Waals surface area contributed by atoms with Gasteiger partial charge in [0.25, 0.3) is 0 Å². The Morgan fingerprint density at radius 3 is 2.71 bits per heavy atom. The van der Waals surface area contributed by atoms with Gasteiger partial charge < -0.3 is 14.8 Å². The number of nitrogens with two attached hydrogens (primary N) is 1. The van der Waals surface area contributed by atoms with Crippen molar-refractivity contribution in [2.45, 2.75) is 63.0 Å². The molecule has 3 heterocycles. The highest BCUT2D eigenvalue weighted by molar-refractivity contribution is 7.91. The van der Waals surface area contributed by atoms with Gasteiger partial charge in [-0.3, -0.25) is 4.98 Å². The third-order valence-corrected chi connectivity index (χ3v) is 7.31. The van der Waals surface area contributed by atoms with Crippen LogP contribution in [-0.4, -0.2) is 44.3 Å². The molecule has 2 aromatic rings. The number of fused-ring (bicyclic) bond motifs is 3. The molecule has 0 bridgehead atoms. The maximum Gasteiger partial charge on any atom is 0.354 e. The van der Waals surface area contributed by atoms with E-state index in [0.29, 0.717) is 19.8 Å². The monoisotopic (exact) mass is 446 g/mol. The summed E-state index contributed by atoms with van der Waals surface area (Å²) in [6, 6.07) is -0.732. The number of nitrogens with one attached hydrogen (secondary N) is 1. The quantitative estimate of drug-likeness (QED) is 0.738. The largest absolute Gasteiger partial charge is 0.474 e. The Labute approximate surface area is 180 Å². The van der Waals surface area contributed by atoms with E-state index in [9.17, 15) is 9.00 Å². The van der Waals surface area contributed by atoms with Crippen LogP contribution in [0.15, 0.2) is 15.5 Å². The maximum absolute atomic E-state index is 13.2. The Morgan fingerprint density at radius 2 is 2.03 bits per heavy atom. The van der Waals surface area contributed by atoms with Crippen LogP contribution in [0.1, 0.15) is 42.3 Å². The molecule has 3 aliphatic rings. The second-order valence-corrected chi connectivity index (χ2v) is 9.78. The van der Waals surface area contributed by atoms with E-state index in [0.717, 1.165) is 66.7 Å². The zero-order valence-electron chi connectivity index (χ0n) is 17.4. The minimum Gasteiger partial charge on any atom is -0.474 e. The van der Waals surface area contributed by atoms with E-state index in [1.54, 1.807) is 4.68 Å². The zero-order valence-corrected chi connectivity index (χ0v) is 18.2. The molecule has 166 valence electrons. The number of ether oxygens (including phenoxy) is 2. The third-order valence-electron chi connectivity index (χ3n) is 5.96. The van der Waals surface area contributed by atoms with E-state index in [-0.39, 0.29) is 16.9 Å². The number of pyridine rings is 1. The molecule has 0 radical (unpaired) electrons. The highest BCUT2D eigenvalue weighted by Crippen LogP contribution is 2.36. The first-order chi connectivity index (χ1) is 15.0. The van der Waals surface area contributed by atoms with Crippen LogP contribution in [-0.2, 0) is 46.9 Å². The van der Waals surface area contributed by atoms with E-state index in [1.807, 2.05) is 6.92 Å². The Morgan fingerprint density at radius 1 is 1.32 bits per heavy atom. The number of hydrogen-bond acceptors (Lipinski definition) is 6. The van der Waals surface area contributed by atoms with Crippen molar-refractivity contribution in [1.29, 1.82) is 0 Å². The first-order valence-corrected chi connectivity index (χ1v) is 12.2. The van der Waals surface area contributed by atoms with Gasteiger partial charge >= 0.3 is 6.03 Å². The number of urea groups is 1. The van der Waals surface area contributed by atoms with Gasteiger partial charge in [0.2, 0.25) is 5.88 Å². The smallest absolute Gasteiger partial charge is 0.354 e. The average molecular weight is 447 g/mol. The summed E-state index contributed by atoms with van der Waals surface area (Å²) in [4.78, 5) is 17.7. The number of nitrogens with zero attached hydrogens (tertiary/aromatic N) is 4. The molecule has 5 rings (SSSR count). The minimum absolute atomic E-state index is 0.114. The fraction of sp³-hybridized carbons (Fsp3) is 0.550. The number of anilines is 1. The van der Waals surface area contributed by atoms with Crippen LogP contribution in [0, 0.1) is 0 Å². The summed E-state index contributed by atoms with van der Waals surface area (Å²) in [5.41, 5.74) is 5.02. The van der Waals surface area contributed by atoms with Crippen molar-refractivity contribution in [1.82, 2.24) is 14.8 Å². The van der Waals surface area contributed by atoms with Crippen molar-refractivity contribution >= 4 is 21.6 Å². The van der Waals surface area contributed by atoms with Crippen molar-refractivity contribution in [3.05, 3.63) is 28.7 Å². The summed E-state index contributed by atoms with van der Waals surface area (Å²) in [6.45, 7) is 3.22. The van der Waals surface area contributed by atoms with Crippen molar-refractivity contribution in [2.24, 2.45) is 9.50 Å². The average Bonchev–Trinajstić information content (AvgIpc) is 3.46. The van der Waals surface area contributed by atoms with Gasteiger partial charge in [-0.25, -0.2) is 18.8 Å². The first-order valence-electron chi connectivity index (χ1n) is 10.7. The van der Waals surface area contributed by atoms with E-state index < -0.39 is 15.9 Å². The molecule has 1 aliphatic heterocycles. The molecular formula is C20H26N6O4S. The molecule has 31 heavy (non-hydrogen) atoms. The van der Waals surface area contributed by atoms with Gasteiger partial charge in [-0.05, 0) is 56.6 Å². The van der Waals surface area contributed by atoms with Gasteiger partial charge in [-0.1, -0.05) is 0 Å². The lowest BCUT2D eigenvalue weighted by Gasteiger charge is -2.24. The molecule has 2 amide bonds. The number of amides is 2. The highest BCUT2D eigenvalue weighted by Gasteiger charge is 2.29. The lowest BCUT2D eigenvalue weighted by atomic mass is 10.1. The summed E-state index contributed by atoms with van der Waals surface area (Å²) < 4.78 is 29.8. The standard InChI is InChI=1S/C20H26N6O4S/c1-2-29-12-10-26-19(30-11-12)17(9-22-26)31(21,28)25-20(27)24-18-13-5-3-7-15(13)23-16-8-4-6-14(16)18/h9,12H,2-8,10-11H2,1H3,(H3,21,23,24,25,27,28). The zero-order chi connectivity index (χ0) is 21.6. The predicted octanol–water partition coefficient (Wildman–Crippen LogP) is 1.99. The molecule has 10 nitrogen and oxygen atoms in total. The Kier molecular flexibility index (Phi) is 5.19. The normalized spacial score (nSPS) is 20.9. The number of carbonyl (C=O) groups excluding carboxylic acids is 1. The fourth-order valence-corrected chi connectivity index (χ4v) is 5.63. The number of rotatable bonds is 4. The lowest BCUT2D eigenvalue weighted by molar-refractivity contribution is -0.00758. The van der Waals surface area contributed by atoms with Crippen LogP contribution in [0.5, 0.6) is 5.88 Å². The SMILES string of the molecule is CCOC1COc2c(S(N)(=O)=NC(=O)Nc3c4c(nc5c3CCC5)CCC4)cnn2C1. The Hall–Kier alpha value is -2.50. The van der Waals surface area contributed by atoms with Crippen LogP contribution in [0.3, 0.4) is 0 Å². The summed E-state index contributed by atoms with van der Waals surface area (Å²) in [5, 5.41) is 13.1. The van der Waals surface area contributed by atoms with E-state index >= 15 is 0 Å². The maximum atomic E-state index is 13.2. The van der Waals surface area contributed by atoms with Gasteiger partial charge in [-0.2, -0.15) is 5.10 Å². The highest BCUT2D eigenvalue weighted by atomic mass is 32.2. The summed E-state index contributed by atoms with van der Waals surface area (Å²) >= 11 is 0. The van der Waals surface area contributed by atoms with Crippen LogP contribution < -0.4 is 15.2 Å². The number of hydrogen-bond donors (Lipinski definition) is 2. The summed E-state index contributed by atoms with van der Waals surface area (Å²) in [7, 11) is -3.54. The van der Waals surface area contributed by atoms with E-state index in [1.165, 1.54) is 6.20 Å². The Balaban J connectivity index is 1.42. The van der Waals surface area contributed by atoms with E-state index in [2.05, 4.69) is 14.8 Å². The molecule has 2 atom stereocenters. The topological polar surface area (TPSA) is 134 Å². The second-order valence-electron chi connectivity index (χ2n) is 8.02. The lowest BCUT2D eigenvalue weighted by Crippen LogP contribution is -2.33. The van der Waals surface area contributed by atoms with Crippen LogP contribution >= 0.6 is 0 Å². The Bertz CT molecular complexity index is 1130. The summed E-state index contributed by atoms with van der Waals surface area (Å²) in [6.07, 6.45) is 6.81. The number of carbonyl (C=O) groups is 1. The van der Waals surface area contributed by atoms with Crippen molar-refractivity contribution in [3.63, 3.8) is 0 Å². The van der Waals surface area contributed by atoms with Crippen LogP contribution in [0.25, 0.3) is 0 Å². The first kappa shape index (κ1) is 20.4. The predicted molar refractivity (Wildman–Crippen MR) is 113 cm³/mol.